The number of amides is 2. The Kier molecular flexibility index (Phi) is 3.48. The zero-order chi connectivity index (χ0) is 16.7. The Hall–Kier alpha value is -1.77. The Morgan fingerprint density at radius 3 is 2.36 bits per heavy atom. The highest BCUT2D eigenvalue weighted by Gasteiger charge is 2.65. The maximum atomic E-state index is 12.7. The summed E-state index contributed by atoms with van der Waals surface area (Å²) >= 11 is 0. The number of carbonyl (C=O) groups is 1. The van der Waals surface area contributed by atoms with Gasteiger partial charge in [-0.2, -0.15) is 0 Å². The predicted octanol–water partition coefficient (Wildman–Crippen LogP) is 5.21. The van der Waals surface area contributed by atoms with Gasteiger partial charge in [0.05, 0.1) is 0 Å². The van der Waals surface area contributed by atoms with Crippen LogP contribution in [0.15, 0.2) is 40.4 Å². The van der Waals surface area contributed by atoms with Crippen LogP contribution in [-0.4, -0.2) is 6.03 Å². The van der Waals surface area contributed by atoms with Gasteiger partial charge in [-0.15, -0.1) is 0 Å². The van der Waals surface area contributed by atoms with Crippen LogP contribution in [0, 0.1) is 0 Å². The first-order valence-corrected chi connectivity index (χ1v) is 8.37. The summed E-state index contributed by atoms with van der Waals surface area (Å²) in [5.74, 6) is 0. The lowest BCUT2D eigenvalue weighted by Crippen LogP contribution is -2.36. The summed E-state index contributed by atoms with van der Waals surface area (Å²) in [5.41, 5.74) is 1.76. The molecule has 3 nitrogen and oxygen atoms in total. The second-order valence-electron chi connectivity index (χ2n) is 5.18. The first-order chi connectivity index (χ1) is 9.85. The zero-order valence-corrected chi connectivity index (χ0v) is 12.5. The fourth-order valence-corrected chi connectivity index (χ4v) is 2.64. The van der Waals surface area contributed by atoms with E-state index < -0.39 is 21.2 Å². The first kappa shape index (κ1) is 16.6. The Balaban J connectivity index is 2.03. The van der Waals surface area contributed by atoms with Crippen molar-refractivity contribution in [2.24, 2.45) is 0 Å². The van der Waals surface area contributed by atoms with Gasteiger partial charge in [-0.1, -0.05) is 37.1 Å². The lowest BCUT2D eigenvalue weighted by Gasteiger charge is -2.40. The molecule has 1 aromatic carbocycles. The van der Waals surface area contributed by atoms with Gasteiger partial charge in [0.15, 0.2) is 0 Å². The average Bonchev–Trinajstić information content (AvgIpc) is 2.39. The molecule has 0 atom stereocenters. The van der Waals surface area contributed by atoms with Gasteiger partial charge in [-0.05, 0) is 37.5 Å². The van der Waals surface area contributed by atoms with Crippen LogP contribution >= 0.6 is 10.2 Å². The molecule has 0 radical (unpaired) electrons. The third-order valence-electron chi connectivity index (χ3n) is 3.33. The van der Waals surface area contributed by atoms with Crippen molar-refractivity contribution in [3.63, 3.8) is 0 Å². The van der Waals surface area contributed by atoms with Crippen LogP contribution in [0.2, 0.25) is 0 Å². The highest BCUT2D eigenvalue weighted by molar-refractivity contribution is 8.45. The smallest absolute Gasteiger partial charge is 0.319 e. The molecule has 0 unspecified atom stereocenters. The van der Waals surface area contributed by atoms with Crippen LogP contribution in [0.4, 0.5) is 24.2 Å². The molecule has 2 N–H and O–H groups in total. The van der Waals surface area contributed by atoms with Gasteiger partial charge >= 0.3 is 16.3 Å². The van der Waals surface area contributed by atoms with Crippen LogP contribution in [0.1, 0.15) is 25.3 Å². The van der Waals surface area contributed by atoms with Crippen molar-refractivity contribution in [2.45, 2.75) is 31.2 Å². The maximum Gasteiger partial charge on any atom is 0.319 e. The molecular weight excluding hydrogens is 327 g/mol. The van der Waals surface area contributed by atoms with Gasteiger partial charge in [0.2, 0.25) is 0 Å². The van der Waals surface area contributed by atoms with E-state index in [0.29, 0.717) is 12.1 Å². The zero-order valence-electron chi connectivity index (χ0n) is 11.6. The number of allylic oxidation sites excluding steroid dienone is 2. The fourth-order valence-electron chi connectivity index (χ4n) is 1.93. The lowest BCUT2D eigenvalue weighted by molar-refractivity contribution is 0.242. The SMILES string of the molecule is CC1=C(NC(=O)NCc2cccc(S(F)(F)(F)(F)F)c2)CC1. The number of nitrogens with one attached hydrogen (secondary N) is 2. The lowest BCUT2D eigenvalue weighted by atomic mass is 9.96. The van der Waals surface area contributed by atoms with E-state index >= 15 is 0 Å². The van der Waals surface area contributed by atoms with E-state index in [9.17, 15) is 24.2 Å². The summed E-state index contributed by atoms with van der Waals surface area (Å²) in [6.07, 6.45) is 1.63. The largest absolute Gasteiger partial charge is 0.334 e. The Labute approximate surface area is 124 Å². The van der Waals surface area contributed by atoms with Crippen molar-refractivity contribution < 1.29 is 24.2 Å². The molecule has 9 heteroatoms. The second-order valence-corrected chi connectivity index (χ2v) is 7.59. The van der Waals surface area contributed by atoms with Crippen molar-refractivity contribution in [2.75, 3.05) is 0 Å². The van der Waals surface area contributed by atoms with Gasteiger partial charge in [-0.3, -0.25) is 0 Å². The van der Waals surface area contributed by atoms with Crippen LogP contribution in [0.3, 0.4) is 0 Å². The standard InChI is InChI=1S/C13H15F5N2OS/c1-9-5-6-12(9)20-13(21)19-8-10-3-2-4-11(7-10)22(14,15,16,17)18/h2-4,7H,5-6,8H2,1H3,(H2,19,20,21). The second kappa shape index (κ2) is 4.61. The molecule has 22 heavy (non-hydrogen) atoms. The quantitative estimate of drug-likeness (QED) is 0.725. The van der Waals surface area contributed by atoms with E-state index in [4.69, 9.17) is 0 Å². The van der Waals surface area contributed by atoms with Crippen molar-refractivity contribution >= 4 is 16.3 Å². The summed E-state index contributed by atoms with van der Waals surface area (Å²) in [6, 6.07) is 2.23. The topological polar surface area (TPSA) is 41.1 Å². The molecule has 0 heterocycles. The molecule has 1 aliphatic carbocycles. The molecule has 0 aliphatic heterocycles. The van der Waals surface area contributed by atoms with Gasteiger partial charge in [0.1, 0.15) is 4.90 Å². The van der Waals surface area contributed by atoms with Gasteiger partial charge in [-0.25, -0.2) is 4.79 Å². The molecule has 0 saturated carbocycles. The van der Waals surface area contributed by atoms with E-state index in [1.54, 1.807) is 0 Å². The van der Waals surface area contributed by atoms with Crippen LogP contribution in [0.25, 0.3) is 0 Å². The first-order valence-electron chi connectivity index (χ1n) is 6.42. The number of benzene rings is 1. The minimum absolute atomic E-state index is 0.0554. The predicted molar refractivity (Wildman–Crippen MR) is 75.1 cm³/mol. The summed E-state index contributed by atoms with van der Waals surface area (Å²) in [7, 11) is -9.70. The normalized spacial score (nSPS) is 18.1. The molecule has 124 valence electrons. The molecule has 2 amide bonds. The van der Waals surface area contributed by atoms with E-state index in [1.807, 2.05) is 6.92 Å². The van der Waals surface area contributed by atoms with Gasteiger partial charge in [0, 0.05) is 12.2 Å². The average molecular weight is 342 g/mol. The minimum Gasteiger partial charge on any atom is -0.334 e. The molecule has 0 bridgehead atoms. The Morgan fingerprint density at radius 2 is 1.86 bits per heavy atom. The van der Waals surface area contributed by atoms with Crippen molar-refractivity contribution in [1.29, 1.82) is 0 Å². The fraction of sp³-hybridized carbons (Fsp3) is 0.308. The van der Waals surface area contributed by atoms with E-state index in [-0.39, 0.29) is 12.1 Å². The van der Waals surface area contributed by atoms with Crippen molar-refractivity contribution in [1.82, 2.24) is 10.6 Å². The van der Waals surface area contributed by atoms with Crippen LogP contribution in [-0.2, 0) is 6.54 Å². The van der Waals surface area contributed by atoms with E-state index in [1.165, 1.54) is 6.07 Å². The summed E-state index contributed by atoms with van der Waals surface area (Å²) < 4.78 is 63.4. The number of hydrogen-bond donors (Lipinski definition) is 2. The molecular formula is C13H15F5N2OS. The third-order valence-corrected chi connectivity index (χ3v) is 4.47. The molecule has 0 saturated heterocycles. The number of halogens is 5. The maximum absolute atomic E-state index is 12.7. The summed E-state index contributed by atoms with van der Waals surface area (Å²) in [5, 5.41) is 4.90. The monoisotopic (exact) mass is 342 g/mol. The van der Waals surface area contributed by atoms with Crippen LogP contribution < -0.4 is 10.6 Å². The number of rotatable bonds is 4. The highest BCUT2D eigenvalue weighted by Crippen LogP contribution is 3.02. The third kappa shape index (κ3) is 4.12. The summed E-state index contributed by atoms with van der Waals surface area (Å²) in [6.45, 7) is 1.58. The number of urea groups is 1. The van der Waals surface area contributed by atoms with Crippen molar-refractivity contribution in [3.8, 4) is 0 Å². The minimum atomic E-state index is -9.70. The molecule has 0 aromatic heterocycles. The number of hydrogen-bond acceptors (Lipinski definition) is 1. The summed E-state index contributed by atoms with van der Waals surface area (Å²) in [4.78, 5) is 9.59. The molecule has 1 aromatic rings. The molecule has 1 aliphatic rings. The molecule has 0 spiro atoms. The Bertz CT molecular complexity index is 654. The number of carbonyl (C=O) groups excluding carboxylic acids is 1. The molecule has 0 fully saturated rings. The van der Waals surface area contributed by atoms with Gasteiger partial charge < -0.3 is 10.6 Å². The van der Waals surface area contributed by atoms with E-state index in [2.05, 4.69) is 10.6 Å². The van der Waals surface area contributed by atoms with Gasteiger partial charge in [0.25, 0.3) is 0 Å². The van der Waals surface area contributed by atoms with Crippen LogP contribution in [0.5, 0.6) is 0 Å². The van der Waals surface area contributed by atoms with E-state index in [0.717, 1.165) is 30.2 Å². The Morgan fingerprint density at radius 1 is 1.18 bits per heavy atom. The molecule has 2 rings (SSSR count). The van der Waals surface area contributed by atoms with Crippen molar-refractivity contribution in [3.05, 3.63) is 41.1 Å². The highest BCUT2D eigenvalue weighted by atomic mass is 32.5.